The van der Waals surface area contributed by atoms with Gasteiger partial charge in [0.15, 0.2) is 0 Å². The van der Waals surface area contributed by atoms with E-state index in [1.807, 2.05) is 75.4 Å². The predicted octanol–water partition coefficient (Wildman–Crippen LogP) is 4.78. The lowest BCUT2D eigenvalue weighted by molar-refractivity contribution is -0.145. The monoisotopic (exact) mass is 354 g/mol. The van der Waals surface area contributed by atoms with Gasteiger partial charge in [-0.15, -0.1) is 0 Å². The molecule has 0 spiro atoms. The molecule has 1 unspecified atom stereocenters. The van der Waals surface area contributed by atoms with Gasteiger partial charge in [-0.1, -0.05) is 44.2 Å². The molecule has 2 aromatic rings. The second-order valence-electron chi connectivity index (χ2n) is 7.45. The Morgan fingerprint density at radius 3 is 2.42 bits per heavy atom. The number of carboxylic acids is 1. The number of carboxylic acid groups (broad SMARTS) is 1. The van der Waals surface area contributed by atoms with E-state index >= 15 is 0 Å². The third-order valence-corrected chi connectivity index (χ3v) is 5.76. The molecule has 26 heavy (non-hydrogen) atoms. The lowest BCUT2D eigenvalue weighted by atomic mass is 9.88. The molecule has 1 fully saturated rings. The molecular formula is C22H26O4. The first-order chi connectivity index (χ1) is 12.4. The minimum atomic E-state index is -0.798. The lowest BCUT2D eigenvalue weighted by Gasteiger charge is -2.16. The number of hydrogen-bond acceptors (Lipinski definition) is 3. The van der Waals surface area contributed by atoms with Crippen LogP contribution in [-0.4, -0.2) is 24.3 Å². The molecule has 4 heteroatoms. The average Bonchev–Trinajstić information content (AvgIpc) is 3.09. The maximum atomic E-state index is 12.2. The Kier molecular flexibility index (Phi) is 5.05. The fourth-order valence-corrected chi connectivity index (χ4v) is 4.07. The summed E-state index contributed by atoms with van der Waals surface area (Å²) < 4.78 is 11.4. The first kappa shape index (κ1) is 18.5. The molecule has 2 atom stereocenters. The van der Waals surface area contributed by atoms with E-state index in [0.717, 1.165) is 11.3 Å². The lowest BCUT2D eigenvalue weighted by Crippen LogP contribution is -2.25. The summed E-state index contributed by atoms with van der Waals surface area (Å²) in [6.07, 6.45) is 0.471. The van der Waals surface area contributed by atoms with Crippen molar-refractivity contribution < 1.29 is 19.4 Å². The zero-order chi connectivity index (χ0) is 18.8. The maximum Gasteiger partial charge on any atom is 0.310 e. The highest BCUT2D eigenvalue weighted by Gasteiger charge is 2.75. The van der Waals surface area contributed by atoms with E-state index < -0.39 is 11.4 Å². The quantitative estimate of drug-likeness (QED) is 0.741. The topological polar surface area (TPSA) is 55.8 Å². The number of aliphatic carboxylic acids is 1. The van der Waals surface area contributed by atoms with E-state index in [9.17, 15) is 9.90 Å². The first-order valence-corrected chi connectivity index (χ1v) is 9.05. The molecule has 0 aromatic heterocycles. The molecule has 3 rings (SSSR count). The van der Waals surface area contributed by atoms with E-state index in [4.69, 9.17) is 9.47 Å². The van der Waals surface area contributed by atoms with E-state index in [-0.39, 0.29) is 11.3 Å². The first-order valence-electron chi connectivity index (χ1n) is 9.05. The van der Waals surface area contributed by atoms with Crippen LogP contribution in [0.3, 0.4) is 0 Å². The minimum Gasteiger partial charge on any atom is -0.481 e. The summed E-state index contributed by atoms with van der Waals surface area (Å²) in [5, 5.41) is 9.99. The van der Waals surface area contributed by atoms with Gasteiger partial charge >= 0.3 is 5.97 Å². The SMILES string of the molecule is CCOCC1C(C)(C)[C@]1(Cc1cccc(Oc2ccccc2)c1)C(=O)O. The largest absolute Gasteiger partial charge is 0.481 e. The Balaban J connectivity index is 1.81. The highest BCUT2D eigenvalue weighted by atomic mass is 16.5. The summed E-state index contributed by atoms with van der Waals surface area (Å²) in [5.41, 5.74) is -0.134. The third kappa shape index (κ3) is 3.21. The number of benzene rings is 2. The van der Waals surface area contributed by atoms with E-state index in [1.165, 1.54) is 0 Å². The van der Waals surface area contributed by atoms with Crippen molar-refractivity contribution in [1.82, 2.24) is 0 Å². The van der Waals surface area contributed by atoms with Crippen LogP contribution in [0, 0.1) is 16.7 Å². The van der Waals surface area contributed by atoms with E-state index in [1.54, 1.807) is 0 Å². The van der Waals surface area contributed by atoms with Crippen LogP contribution in [0.2, 0.25) is 0 Å². The summed E-state index contributed by atoms with van der Waals surface area (Å²) in [7, 11) is 0. The Morgan fingerprint density at radius 2 is 1.77 bits per heavy atom. The number of carbonyl (C=O) groups is 1. The van der Waals surface area contributed by atoms with Crippen LogP contribution in [0.25, 0.3) is 0 Å². The van der Waals surface area contributed by atoms with E-state index in [2.05, 4.69) is 0 Å². The molecule has 0 amide bonds. The van der Waals surface area contributed by atoms with Crippen LogP contribution in [0.4, 0.5) is 0 Å². The summed E-state index contributed by atoms with van der Waals surface area (Å²) in [6, 6.07) is 17.3. The molecule has 0 bridgehead atoms. The summed E-state index contributed by atoms with van der Waals surface area (Å²) in [5.74, 6) is 0.736. The number of rotatable bonds is 8. The van der Waals surface area contributed by atoms with Gasteiger partial charge in [-0.25, -0.2) is 0 Å². The molecule has 138 valence electrons. The standard InChI is InChI=1S/C22H26O4/c1-4-25-15-19-21(2,3)22(19,20(23)24)14-16-9-8-12-18(13-16)26-17-10-6-5-7-11-17/h5-13,19H,4,14-15H2,1-3H3,(H,23,24)/t19?,22-/m0/s1. The van der Waals surface area contributed by atoms with Crippen LogP contribution in [-0.2, 0) is 16.0 Å². The smallest absolute Gasteiger partial charge is 0.310 e. The van der Waals surface area contributed by atoms with Crippen LogP contribution in [0.5, 0.6) is 11.5 Å². The van der Waals surface area contributed by atoms with Crippen molar-refractivity contribution in [3.8, 4) is 11.5 Å². The van der Waals surface area contributed by atoms with Crippen molar-refractivity contribution in [1.29, 1.82) is 0 Å². The Labute approximate surface area is 154 Å². The van der Waals surface area contributed by atoms with Gasteiger partial charge in [0.25, 0.3) is 0 Å². The molecule has 0 saturated heterocycles. The molecule has 1 aliphatic rings. The summed E-state index contributed by atoms with van der Waals surface area (Å²) in [4.78, 5) is 12.2. The molecule has 1 aliphatic carbocycles. The van der Waals surface area contributed by atoms with Crippen molar-refractivity contribution in [3.63, 3.8) is 0 Å². The normalized spacial score (nSPS) is 23.4. The summed E-state index contributed by atoms with van der Waals surface area (Å²) >= 11 is 0. The molecule has 4 nitrogen and oxygen atoms in total. The van der Waals surface area contributed by atoms with Crippen LogP contribution in [0.1, 0.15) is 26.3 Å². The van der Waals surface area contributed by atoms with Gasteiger partial charge in [-0.2, -0.15) is 0 Å². The van der Waals surface area contributed by atoms with Crippen LogP contribution >= 0.6 is 0 Å². The highest BCUT2D eigenvalue weighted by Crippen LogP contribution is 2.70. The van der Waals surface area contributed by atoms with Crippen molar-refractivity contribution >= 4 is 5.97 Å². The van der Waals surface area contributed by atoms with Crippen molar-refractivity contribution in [3.05, 3.63) is 60.2 Å². The highest BCUT2D eigenvalue weighted by molar-refractivity contribution is 5.81. The van der Waals surface area contributed by atoms with Gasteiger partial charge in [0.2, 0.25) is 0 Å². The third-order valence-electron chi connectivity index (χ3n) is 5.76. The molecule has 2 aromatic carbocycles. The second-order valence-corrected chi connectivity index (χ2v) is 7.45. The summed E-state index contributed by atoms with van der Waals surface area (Å²) in [6.45, 7) is 7.06. The average molecular weight is 354 g/mol. The Bertz CT molecular complexity index is 769. The van der Waals surface area contributed by atoms with Crippen molar-refractivity contribution in [2.75, 3.05) is 13.2 Å². The Hall–Kier alpha value is -2.33. The van der Waals surface area contributed by atoms with Gasteiger partial charge in [0.1, 0.15) is 11.5 Å². The number of hydrogen-bond donors (Lipinski definition) is 1. The van der Waals surface area contributed by atoms with Gasteiger partial charge < -0.3 is 14.6 Å². The molecule has 0 aliphatic heterocycles. The fourth-order valence-electron chi connectivity index (χ4n) is 4.07. The van der Waals surface area contributed by atoms with Gasteiger partial charge in [0.05, 0.1) is 12.0 Å². The number of ether oxygens (including phenoxy) is 2. The van der Waals surface area contributed by atoms with Gasteiger partial charge in [-0.05, 0) is 48.6 Å². The zero-order valence-corrected chi connectivity index (χ0v) is 15.6. The van der Waals surface area contributed by atoms with Crippen LogP contribution in [0.15, 0.2) is 54.6 Å². The van der Waals surface area contributed by atoms with Crippen LogP contribution < -0.4 is 4.74 Å². The molecule has 1 N–H and O–H groups in total. The molecular weight excluding hydrogens is 328 g/mol. The predicted molar refractivity (Wildman–Crippen MR) is 100 cm³/mol. The molecule has 0 radical (unpaired) electrons. The van der Waals surface area contributed by atoms with Crippen molar-refractivity contribution in [2.45, 2.75) is 27.2 Å². The maximum absolute atomic E-state index is 12.2. The minimum absolute atomic E-state index is 0.00569. The zero-order valence-electron chi connectivity index (χ0n) is 15.6. The van der Waals surface area contributed by atoms with Crippen molar-refractivity contribution in [2.24, 2.45) is 16.7 Å². The fraction of sp³-hybridized carbons (Fsp3) is 0.409. The molecule has 1 saturated carbocycles. The number of para-hydroxylation sites is 1. The Morgan fingerprint density at radius 1 is 1.08 bits per heavy atom. The van der Waals surface area contributed by atoms with Gasteiger partial charge in [-0.3, -0.25) is 4.79 Å². The second kappa shape index (κ2) is 7.12. The van der Waals surface area contributed by atoms with Gasteiger partial charge in [0, 0.05) is 12.5 Å². The molecule has 0 heterocycles. The van der Waals surface area contributed by atoms with E-state index in [0.29, 0.717) is 25.4 Å².